The van der Waals surface area contributed by atoms with Gasteiger partial charge in [-0.05, 0) is 22.0 Å². The zero-order valence-electron chi connectivity index (χ0n) is 7.11. The van der Waals surface area contributed by atoms with E-state index in [2.05, 4.69) is 25.7 Å². The second-order valence-corrected chi connectivity index (χ2v) is 3.67. The Morgan fingerprint density at radius 2 is 2.13 bits per heavy atom. The minimum absolute atomic E-state index is 0.0324. The highest BCUT2D eigenvalue weighted by atomic mass is 79.9. The van der Waals surface area contributed by atoms with Gasteiger partial charge in [-0.15, -0.1) is 13.2 Å². The van der Waals surface area contributed by atoms with Crippen LogP contribution in [0.15, 0.2) is 10.5 Å². The summed E-state index contributed by atoms with van der Waals surface area (Å²) >= 11 is 8.52. The van der Waals surface area contributed by atoms with Gasteiger partial charge in [-0.25, -0.2) is 4.98 Å². The van der Waals surface area contributed by atoms with Gasteiger partial charge in [0.25, 0.3) is 0 Å². The van der Waals surface area contributed by atoms with Crippen molar-refractivity contribution < 1.29 is 17.9 Å². The number of aromatic nitrogens is 1. The summed E-state index contributed by atoms with van der Waals surface area (Å²) in [5.74, 6) is -0.457. The molecule has 2 N–H and O–H groups in total. The Balaban J connectivity index is 3.11. The van der Waals surface area contributed by atoms with E-state index in [9.17, 15) is 13.2 Å². The van der Waals surface area contributed by atoms with Crippen LogP contribution < -0.4 is 10.5 Å². The van der Waals surface area contributed by atoms with Crippen molar-refractivity contribution in [2.24, 2.45) is 5.73 Å². The predicted molar refractivity (Wildman–Crippen MR) is 51.5 cm³/mol. The molecule has 1 aromatic heterocycles. The van der Waals surface area contributed by atoms with E-state index in [4.69, 9.17) is 17.3 Å². The van der Waals surface area contributed by atoms with Crippen LogP contribution in [0.3, 0.4) is 0 Å². The zero-order chi connectivity index (χ0) is 11.6. The van der Waals surface area contributed by atoms with E-state index in [0.717, 1.165) is 6.07 Å². The summed E-state index contributed by atoms with van der Waals surface area (Å²) in [5, 5.41) is 0.0324. The number of pyridine rings is 1. The summed E-state index contributed by atoms with van der Waals surface area (Å²) in [6.45, 7) is -0.196. The summed E-state index contributed by atoms with van der Waals surface area (Å²) in [6, 6.07) is 1.07. The van der Waals surface area contributed by atoms with E-state index in [1.165, 1.54) is 0 Å². The van der Waals surface area contributed by atoms with Gasteiger partial charge in [0.05, 0.1) is 10.2 Å². The van der Waals surface area contributed by atoms with Gasteiger partial charge in [-0.1, -0.05) is 11.6 Å². The van der Waals surface area contributed by atoms with Crippen LogP contribution in [0.1, 0.15) is 5.69 Å². The average Bonchev–Trinajstić information content (AvgIpc) is 2.08. The molecular formula is C7H5BrClF3N2O. The maximum atomic E-state index is 12.0. The average molecular weight is 305 g/mol. The maximum Gasteiger partial charge on any atom is 0.573 e. The topological polar surface area (TPSA) is 48.1 Å². The molecule has 0 aliphatic heterocycles. The van der Waals surface area contributed by atoms with E-state index in [1.54, 1.807) is 0 Å². The molecule has 0 radical (unpaired) electrons. The Morgan fingerprint density at radius 3 is 2.60 bits per heavy atom. The summed E-state index contributed by atoms with van der Waals surface area (Å²) in [5.41, 5.74) is 5.15. The predicted octanol–water partition coefficient (Wildman–Crippen LogP) is 2.85. The number of hydrogen-bond donors (Lipinski definition) is 1. The number of alkyl halides is 3. The zero-order valence-corrected chi connectivity index (χ0v) is 9.45. The quantitative estimate of drug-likeness (QED) is 0.855. The molecule has 1 heterocycles. The third-order valence-corrected chi connectivity index (χ3v) is 2.51. The van der Waals surface area contributed by atoms with E-state index in [1.807, 2.05) is 0 Å². The van der Waals surface area contributed by atoms with Crippen LogP contribution in [0.4, 0.5) is 13.2 Å². The molecule has 8 heteroatoms. The van der Waals surface area contributed by atoms with Gasteiger partial charge in [-0.2, -0.15) is 0 Å². The third-order valence-electron chi connectivity index (χ3n) is 1.39. The first-order valence-corrected chi connectivity index (χ1v) is 4.81. The highest BCUT2D eigenvalue weighted by molar-refractivity contribution is 9.10. The molecule has 15 heavy (non-hydrogen) atoms. The number of hydrogen-bond acceptors (Lipinski definition) is 3. The molecule has 0 fully saturated rings. The molecule has 0 saturated carbocycles. The smallest absolute Gasteiger partial charge is 0.404 e. The number of nitrogens with two attached hydrogens (primary N) is 1. The SMILES string of the molecule is NCc1nc(Cl)c(Br)cc1OC(F)(F)F. The molecule has 0 aliphatic rings. The number of rotatable bonds is 2. The fourth-order valence-electron chi connectivity index (χ4n) is 0.844. The Kier molecular flexibility index (Phi) is 3.80. The Hall–Kier alpha value is -0.530. The second kappa shape index (κ2) is 4.54. The third kappa shape index (κ3) is 3.51. The van der Waals surface area contributed by atoms with Gasteiger partial charge in [0.1, 0.15) is 5.15 Å². The Morgan fingerprint density at radius 1 is 1.53 bits per heavy atom. The normalized spacial score (nSPS) is 11.6. The highest BCUT2D eigenvalue weighted by Crippen LogP contribution is 2.31. The first-order valence-electron chi connectivity index (χ1n) is 3.64. The number of halogens is 5. The standard InChI is InChI=1S/C7H5BrClF3N2O/c8-3-1-5(15-7(10,11)12)4(2-13)14-6(3)9/h1H,2,13H2. The van der Waals surface area contributed by atoms with Crippen molar-refractivity contribution in [3.8, 4) is 5.75 Å². The minimum Gasteiger partial charge on any atom is -0.404 e. The molecule has 0 saturated heterocycles. The van der Waals surface area contributed by atoms with E-state index in [0.29, 0.717) is 0 Å². The lowest BCUT2D eigenvalue weighted by Gasteiger charge is -2.12. The van der Waals surface area contributed by atoms with Gasteiger partial charge in [0, 0.05) is 6.54 Å². The van der Waals surface area contributed by atoms with Crippen LogP contribution in [0.5, 0.6) is 5.75 Å². The molecule has 84 valence electrons. The van der Waals surface area contributed by atoms with Crippen molar-refractivity contribution in [2.75, 3.05) is 0 Å². The Bertz CT molecular complexity index is 372. The molecule has 1 aromatic rings. The molecule has 1 rings (SSSR count). The molecule has 3 nitrogen and oxygen atoms in total. The van der Waals surface area contributed by atoms with Crippen LogP contribution in [0, 0.1) is 0 Å². The van der Waals surface area contributed by atoms with Crippen molar-refractivity contribution in [3.05, 3.63) is 21.4 Å². The lowest BCUT2D eigenvalue weighted by atomic mass is 10.3. The first-order chi connectivity index (χ1) is 6.83. The summed E-state index contributed by atoms with van der Waals surface area (Å²) in [7, 11) is 0. The number of ether oxygens (including phenoxy) is 1. The minimum atomic E-state index is -4.78. The van der Waals surface area contributed by atoms with Crippen molar-refractivity contribution >= 4 is 27.5 Å². The molecule has 0 aliphatic carbocycles. The van der Waals surface area contributed by atoms with Crippen molar-refractivity contribution in [3.63, 3.8) is 0 Å². The molecule has 0 unspecified atom stereocenters. The van der Waals surface area contributed by atoms with Gasteiger partial charge >= 0.3 is 6.36 Å². The monoisotopic (exact) mass is 304 g/mol. The first kappa shape index (κ1) is 12.5. The second-order valence-electron chi connectivity index (χ2n) is 2.46. The highest BCUT2D eigenvalue weighted by Gasteiger charge is 2.32. The lowest BCUT2D eigenvalue weighted by molar-refractivity contribution is -0.275. The fraction of sp³-hybridized carbons (Fsp3) is 0.286. The largest absolute Gasteiger partial charge is 0.573 e. The van der Waals surface area contributed by atoms with Crippen LogP contribution in [-0.4, -0.2) is 11.3 Å². The summed E-state index contributed by atoms with van der Waals surface area (Å²) in [6.07, 6.45) is -4.78. The van der Waals surface area contributed by atoms with Gasteiger partial charge < -0.3 is 10.5 Å². The molecule has 0 aromatic carbocycles. The fourth-order valence-corrected chi connectivity index (χ4v) is 1.30. The van der Waals surface area contributed by atoms with Gasteiger partial charge in [-0.3, -0.25) is 0 Å². The van der Waals surface area contributed by atoms with Crippen LogP contribution in [0.25, 0.3) is 0 Å². The van der Waals surface area contributed by atoms with Gasteiger partial charge in [0.15, 0.2) is 5.75 Å². The molecule has 0 atom stereocenters. The van der Waals surface area contributed by atoms with E-state index < -0.39 is 12.1 Å². The molecule has 0 spiro atoms. The van der Waals surface area contributed by atoms with Crippen LogP contribution >= 0.6 is 27.5 Å². The van der Waals surface area contributed by atoms with Crippen molar-refractivity contribution in [2.45, 2.75) is 12.9 Å². The summed E-state index contributed by atoms with van der Waals surface area (Å²) in [4.78, 5) is 3.64. The van der Waals surface area contributed by atoms with Crippen LogP contribution in [0.2, 0.25) is 5.15 Å². The molecule has 0 bridgehead atoms. The lowest BCUT2D eigenvalue weighted by Crippen LogP contribution is -2.19. The van der Waals surface area contributed by atoms with Crippen molar-refractivity contribution in [1.29, 1.82) is 0 Å². The van der Waals surface area contributed by atoms with Crippen LogP contribution in [-0.2, 0) is 6.54 Å². The van der Waals surface area contributed by atoms with Gasteiger partial charge in [0.2, 0.25) is 0 Å². The number of nitrogens with zero attached hydrogens (tertiary/aromatic N) is 1. The van der Waals surface area contributed by atoms with E-state index >= 15 is 0 Å². The van der Waals surface area contributed by atoms with E-state index in [-0.39, 0.29) is 21.9 Å². The molecular weight excluding hydrogens is 300 g/mol. The van der Waals surface area contributed by atoms with Crippen molar-refractivity contribution in [1.82, 2.24) is 4.98 Å². The maximum absolute atomic E-state index is 12.0. The summed E-state index contributed by atoms with van der Waals surface area (Å²) < 4.78 is 39.8. The molecule has 0 amide bonds. The Labute approximate surface area is 96.5 Å².